The van der Waals surface area contributed by atoms with Crippen LogP contribution in [-0.2, 0) is 5.41 Å². The van der Waals surface area contributed by atoms with E-state index in [1.807, 2.05) is 12.1 Å². The summed E-state index contributed by atoms with van der Waals surface area (Å²) in [5.74, 6) is 1.40. The lowest BCUT2D eigenvalue weighted by Gasteiger charge is -2.28. The summed E-state index contributed by atoms with van der Waals surface area (Å²) in [4.78, 5) is 12.4. The molecule has 2 heteroatoms. The quantitative estimate of drug-likeness (QED) is 0.841. The summed E-state index contributed by atoms with van der Waals surface area (Å²) < 4.78 is 0. The van der Waals surface area contributed by atoms with Gasteiger partial charge in [0.15, 0.2) is 5.78 Å². The van der Waals surface area contributed by atoms with Crippen LogP contribution in [0.2, 0.25) is 0 Å². The summed E-state index contributed by atoms with van der Waals surface area (Å²) in [5.41, 5.74) is 2.28. The van der Waals surface area contributed by atoms with Gasteiger partial charge < -0.3 is 5.32 Å². The molecule has 0 radical (unpaired) electrons. The first kappa shape index (κ1) is 16.2. The van der Waals surface area contributed by atoms with Gasteiger partial charge >= 0.3 is 0 Å². The first-order valence-electron chi connectivity index (χ1n) is 8.22. The Kier molecular flexibility index (Phi) is 5.21. The van der Waals surface area contributed by atoms with Crippen LogP contribution >= 0.6 is 0 Å². The maximum absolute atomic E-state index is 12.4. The van der Waals surface area contributed by atoms with E-state index >= 15 is 0 Å². The monoisotopic (exact) mass is 287 g/mol. The van der Waals surface area contributed by atoms with Gasteiger partial charge in [0.1, 0.15) is 0 Å². The van der Waals surface area contributed by atoms with Gasteiger partial charge in [-0.15, -0.1) is 0 Å². The van der Waals surface area contributed by atoms with Crippen molar-refractivity contribution in [3.63, 3.8) is 0 Å². The molecule has 2 atom stereocenters. The molecular weight excluding hydrogens is 258 g/mol. The minimum absolute atomic E-state index is 0.142. The molecule has 1 saturated heterocycles. The van der Waals surface area contributed by atoms with E-state index in [1.54, 1.807) is 0 Å². The molecule has 1 aromatic carbocycles. The standard InChI is InChI=1S/C19H29NO/c1-14(16-6-5-11-20-13-16)12-18(21)15-7-9-17(10-8-15)19(2,3)4/h7-10,14,16,20H,5-6,11-13H2,1-4H3. The summed E-state index contributed by atoms with van der Waals surface area (Å²) in [7, 11) is 0. The lowest BCUT2D eigenvalue weighted by Crippen LogP contribution is -2.34. The van der Waals surface area contributed by atoms with Crippen molar-refractivity contribution in [2.24, 2.45) is 11.8 Å². The van der Waals surface area contributed by atoms with Crippen LogP contribution in [-0.4, -0.2) is 18.9 Å². The van der Waals surface area contributed by atoms with Crippen molar-refractivity contribution in [3.05, 3.63) is 35.4 Å². The van der Waals surface area contributed by atoms with Crippen molar-refractivity contribution >= 4 is 5.78 Å². The summed E-state index contributed by atoms with van der Waals surface area (Å²) in [6.45, 7) is 11.0. The minimum Gasteiger partial charge on any atom is -0.316 e. The predicted molar refractivity (Wildman–Crippen MR) is 88.8 cm³/mol. The second-order valence-electron chi connectivity index (χ2n) is 7.54. The van der Waals surface area contributed by atoms with Crippen molar-refractivity contribution in [3.8, 4) is 0 Å². The lowest BCUT2D eigenvalue weighted by atomic mass is 9.83. The topological polar surface area (TPSA) is 29.1 Å². The molecule has 1 aromatic rings. The highest BCUT2D eigenvalue weighted by Crippen LogP contribution is 2.26. The van der Waals surface area contributed by atoms with Crippen LogP contribution in [0.15, 0.2) is 24.3 Å². The molecule has 2 rings (SSSR count). The lowest BCUT2D eigenvalue weighted by molar-refractivity contribution is 0.0943. The van der Waals surface area contributed by atoms with Gasteiger partial charge in [-0.1, -0.05) is 52.0 Å². The highest BCUT2D eigenvalue weighted by atomic mass is 16.1. The van der Waals surface area contributed by atoms with E-state index in [2.05, 4.69) is 45.1 Å². The van der Waals surface area contributed by atoms with Gasteiger partial charge in [-0.3, -0.25) is 4.79 Å². The number of piperidine rings is 1. The highest BCUT2D eigenvalue weighted by Gasteiger charge is 2.22. The Bertz CT molecular complexity index is 463. The van der Waals surface area contributed by atoms with Crippen molar-refractivity contribution in [1.29, 1.82) is 0 Å². The van der Waals surface area contributed by atoms with Crippen LogP contribution in [0.1, 0.15) is 62.9 Å². The molecule has 0 aliphatic carbocycles. The Hall–Kier alpha value is -1.15. The van der Waals surface area contributed by atoms with Gasteiger partial charge in [0.25, 0.3) is 0 Å². The summed E-state index contributed by atoms with van der Waals surface area (Å²) in [5, 5.41) is 3.44. The smallest absolute Gasteiger partial charge is 0.163 e. The maximum atomic E-state index is 12.4. The zero-order valence-electron chi connectivity index (χ0n) is 13.9. The first-order chi connectivity index (χ1) is 9.88. The Morgan fingerprint density at radius 1 is 1.29 bits per heavy atom. The maximum Gasteiger partial charge on any atom is 0.163 e. The molecule has 0 saturated carbocycles. The fraction of sp³-hybridized carbons (Fsp3) is 0.632. The number of hydrogen-bond donors (Lipinski definition) is 1. The third-order valence-electron chi connectivity index (χ3n) is 4.72. The summed E-state index contributed by atoms with van der Waals surface area (Å²) >= 11 is 0. The van der Waals surface area contributed by atoms with Crippen molar-refractivity contribution < 1.29 is 4.79 Å². The molecule has 0 amide bonds. The molecule has 2 unspecified atom stereocenters. The average molecular weight is 287 g/mol. The highest BCUT2D eigenvalue weighted by molar-refractivity contribution is 5.96. The van der Waals surface area contributed by atoms with E-state index in [-0.39, 0.29) is 11.2 Å². The van der Waals surface area contributed by atoms with E-state index in [1.165, 1.54) is 18.4 Å². The third kappa shape index (κ3) is 4.41. The summed E-state index contributed by atoms with van der Waals surface area (Å²) in [6, 6.07) is 8.18. The molecule has 0 aromatic heterocycles. The van der Waals surface area contributed by atoms with Crippen LogP contribution < -0.4 is 5.32 Å². The number of hydrogen-bond acceptors (Lipinski definition) is 2. The molecule has 1 aliphatic heterocycles. The molecule has 1 fully saturated rings. The Balaban J connectivity index is 1.96. The molecule has 1 N–H and O–H groups in total. The molecule has 2 nitrogen and oxygen atoms in total. The fourth-order valence-corrected chi connectivity index (χ4v) is 3.10. The second-order valence-corrected chi connectivity index (χ2v) is 7.54. The largest absolute Gasteiger partial charge is 0.316 e. The van der Waals surface area contributed by atoms with Gasteiger partial charge in [0.05, 0.1) is 0 Å². The van der Waals surface area contributed by atoms with Crippen LogP contribution in [0.4, 0.5) is 0 Å². The normalized spacial score (nSPS) is 21.0. The number of Topliss-reactive ketones (excluding diaryl/α,β-unsaturated/α-hetero) is 1. The molecule has 116 valence electrons. The van der Waals surface area contributed by atoms with Crippen LogP contribution in [0.3, 0.4) is 0 Å². The van der Waals surface area contributed by atoms with Gasteiger partial charge in [-0.2, -0.15) is 0 Å². The molecule has 1 aliphatic rings. The Labute approximate surface area is 129 Å². The van der Waals surface area contributed by atoms with E-state index in [0.717, 1.165) is 18.7 Å². The zero-order chi connectivity index (χ0) is 15.5. The number of carbonyl (C=O) groups excluding carboxylic acids is 1. The van der Waals surface area contributed by atoms with Crippen molar-refractivity contribution in [2.75, 3.05) is 13.1 Å². The Morgan fingerprint density at radius 2 is 1.95 bits per heavy atom. The SMILES string of the molecule is CC(CC(=O)c1ccc(C(C)(C)C)cc1)C1CCCNC1. The van der Waals surface area contributed by atoms with Crippen molar-refractivity contribution in [2.45, 2.75) is 52.4 Å². The molecule has 0 spiro atoms. The van der Waals surface area contributed by atoms with Gasteiger partial charge in [-0.05, 0) is 48.7 Å². The molecular formula is C19H29NO. The number of ketones is 1. The zero-order valence-corrected chi connectivity index (χ0v) is 13.9. The first-order valence-corrected chi connectivity index (χ1v) is 8.22. The van der Waals surface area contributed by atoms with Crippen LogP contribution in [0.25, 0.3) is 0 Å². The van der Waals surface area contributed by atoms with E-state index in [0.29, 0.717) is 18.3 Å². The van der Waals surface area contributed by atoms with Gasteiger partial charge in [0.2, 0.25) is 0 Å². The van der Waals surface area contributed by atoms with E-state index in [4.69, 9.17) is 0 Å². The number of benzene rings is 1. The molecule has 0 bridgehead atoms. The number of rotatable bonds is 4. The number of carbonyl (C=O) groups is 1. The van der Waals surface area contributed by atoms with Gasteiger partial charge in [0, 0.05) is 12.0 Å². The fourth-order valence-electron chi connectivity index (χ4n) is 3.10. The third-order valence-corrected chi connectivity index (χ3v) is 4.72. The van der Waals surface area contributed by atoms with E-state index in [9.17, 15) is 4.79 Å². The van der Waals surface area contributed by atoms with Crippen LogP contribution in [0.5, 0.6) is 0 Å². The minimum atomic E-state index is 0.142. The summed E-state index contributed by atoms with van der Waals surface area (Å²) in [6.07, 6.45) is 3.16. The van der Waals surface area contributed by atoms with Gasteiger partial charge in [-0.25, -0.2) is 0 Å². The number of nitrogens with one attached hydrogen (secondary N) is 1. The van der Waals surface area contributed by atoms with Crippen molar-refractivity contribution in [1.82, 2.24) is 5.32 Å². The Morgan fingerprint density at radius 3 is 2.48 bits per heavy atom. The average Bonchev–Trinajstić information content (AvgIpc) is 2.47. The molecule has 21 heavy (non-hydrogen) atoms. The molecule has 1 heterocycles. The van der Waals surface area contributed by atoms with E-state index < -0.39 is 0 Å². The van der Waals surface area contributed by atoms with Crippen LogP contribution in [0, 0.1) is 11.8 Å². The second kappa shape index (κ2) is 6.74. The predicted octanol–water partition coefficient (Wildman–Crippen LogP) is 4.19.